The third-order valence-corrected chi connectivity index (χ3v) is 5.83. The molecule has 5 aromatic rings. The zero-order chi connectivity index (χ0) is 24.9. The molecule has 0 aliphatic heterocycles. The van der Waals surface area contributed by atoms with Crippen molar-refractivity contribution in [3.05, 3.63) is 95.9 Å². The van der Waals surface area contributed by atoms with Crippen molar-refractivity contribution in [2.45, 2.75) is 33.1 Å². The van der Waals surface area contributed by atoms with Crippen molar-refractivity contribution in [2.24, 2.45) is 0 Å². The number of carbonyl (C=O) groups excluding carboxylic acids is 1. The van der Waals surface area contributed by atoms with Gasteiger partial charge in [0.25, 0.3) is 11.7 Å². The molecular weight excluding hydrogens is 450 g/mol. The molecule has 3 heterocycles. The number of nitrogens with one attached hydrogen (secondary N) is 2. The summed E-state index contributed by atoms with van der Waals surface area (Å²) in [4.78, 5) is 26.5. The van der Waals surface area contributed by atoms with Crippen LogP contribution in [0.2, 0.25) is 0 Å². The third kappa shape index (κ3) is 4.93. The van der Waals surface area contributed by atoms with Gasteiger partial charge in [-0.2, -0.15) is 9.50 Å². The Morgan fingerprint density at radius 1 is 0.972 bits per heavy atom. The number of aromatic nitrogens is 5. The summed E-state index contributed by atoms with van der Waals surface area (Å²) in [6.45, 7) is 4.18. The lowest BCUT2D eigenvalue weighted by molar-refractivity contribution is 0.102. The molecule has 2 aromatic carbocycles. The van der Waals surface area contributed by atoms with Crippen LogP contribution in [0.25, 0.3) is 17.2 Å². The molecule has 0 saturated heterocycles. The molecule has 0 bridgehead atoms. The molecule has 3 aromatic heterocycles. The number of rotatable bonds is 8. The van der Waals surface area contributed by atoms with E-state index in [1.54, 1.807) is 23.0 Å². The van der Waals surface area contributed by atoms with Crippen molar-refractivity contribution in [3.63, 3.8) is 0 Å². The van der Waals surface area contributed by atoms with Gasteiger partial charge >= 0.3 is 0 Å². The summed E-state index contributed by atoms with van der Waals surface area (Å²) in [5, 5.41) is 11.1. The van der Waals surface area contributed by atoms with Crippen LogP contribution in [0.1, 0.15) is 41.9 Å². The Bertz CT molecular complexity index is 1510. The summed E-state index contributed by atoms with van der Waals surface area (Å²) < 4.78 is 1.69. The predicted octanol–water partition coefficient (Wildman–Crippen LogP) is 5.70. The maximum absolute atomic E-state index is 13.0. The first-order valence-corrected chi connectivity index (χ1v) is 12.1. The van der Waals surface area contributed by atoms with E-state index in [9.17, 15) is 4.79 Å². The fourth-order valence-corrected chi connectivity index (χ4v) is 4.04. The predicted molar refractivity (Wildman–Crippen MR) is 142 cm³/mol. The lowest BCUT2D eigenvalue weighted by Gasteiger charge is -2.12. The molecule has 5 rings (SSSR count). The highest BCUT2D eigenvalue weighted by Gasteiger charge is 2.14. The summed E-state index contributed by atoms with van der Waals surface area (Å²) in [6, 6.07) is 21.0. The van der Waals surface area contributed by atoms with Crippen molar-refractivity contribution in [1.29, 1.82) is 0 Å². The minimum Gasteiger partial charge on any atom is -0.340 e. The Labute approximate surface area is 209 Å². The Morgan fingerprint density at radius 2 is 1.86 bits per heavy atom. The van der Waals surface area contributed by atoms with E-state index in [1.807, 2.05) is 60.7 Å². The molecule has 0 saturated carbocycles. The van der Waals surface area contributed by atoms with Crippen LogP contribution < -0.4 is 10.6 Å². The third-order valence-electron chi connectivity index (χ3n) is 5.83. The molecule has 180 valence electrons. The van der Waals surface area contributed by atoms with Gasteiger partial charge in [0.05, 0.1) is 0 Å². The Morgan fingerprint density at radius 3 is 2.67 bits per heavy atom. The summed E-state index contributed by atoms with van der Waals surface area (Å²) in [5.74, 6) is 1.62. The number of anilines is 3. The van der Waals surface area contributed by atoms with Crippen molar-refractivity contribution in [3.8, 4) is 11.4 Å². The largest absolute Gasteiger partial charge is 0.340 e. The average Bonchev–Trinajstić information content (AvgIpc) is 3.34. The van der Waals surface area contributed by atoms with Crippen LogP contribution in [0.4, 0.5) is 17.2 Å². The highest BCUT2D eigenvalue weighted by Crippen LogP contribution is 2.23. The molecule has 36 heavy (non-hydrogen) atoms. The lowest BCUT2D eigenvalue weighted by atomic mass is 10.1. The molecule has 0 spiro atoms. The second-order valence-electron chi connectivity index (χ2n) is 8.44. The van der Waals surface area contributed by atoms with Crippen LogP contribution in [0.15, 0.2) is 79.1 Å². The van der Waals surface area contributed by atoms with Gasteiger partial charge < -0.3 is 10.6 Å². The van der Waals surface area contributed by atoms with E-state index in [-0.39, 0.29) is 5.91 Å². The van der Waals surface area contributed by atoms with E-state index in [4.69, 9.17) is 0 Å². The lowest BCUT2D eigenvalue weighted by Crippen LogP contribution is -2.13. The first kappa shape index (κ1) is 23.2. The second-order valence-corrected chi connectivity index (χ2v) is 8.44. The van der Waals surface area contributed by atoms with E-state index in [1.165, 1.54) is 0 Å². The summed E-state index contributed by atoms with van der Waals surface area (Å²) in [7, 11) is 0. The number of fused-ring (bicyclic) bond motifs is 1. The van der Waals surface area contributed by atoms with E-state index in [2.05, 4.69) is 44.5 Å². The maximum Gasteiger partial charge on any atom is 0.255 e. The standard InChI is InChI=1S/C28H27N7O/c1-3-9-22-17-25(35-28(31-22)33-26(34-35)21-12-8-15-29-18-21)30-23-13-7-11-20(16-23)27(36)32-24-14-6-5-10-19(24)4-2/h5-8,10-18,30H,3-4,9H2,1-2H3,(H,32,36). The molecule has 0 unspecified atom stereocenters. The van der Waals surface area contributed by atoms with Gasteiger partial charge in [-0.3, -0.25) is 9.78 Å². The van der Waals surface area contributed by atoms with Gasteiger partial charge in [0, 0.05) is 46.7 Å². The number of pyridine rings is 1. The molecule has 1 amide bonds. The minimum atomic E-state index is -0.161. The van der Waals surface area contributed by atoms with E-state index in [0.29, 0.717) is 17.2 Å². The number of aryl methyl sites for hydroxylation is 2. The minimum absolute atomic E-state index is 0.161. The van der Waals surface area contributed by atoms with E-state index < -0.39 is 0 Å². The van der Waals surface area contributed by atoms with Gasteiger partial charge in [-0.05, 0) is 54.8 Å². The van der Waals surface area contributed by atoms with Crippen LogP contribution in [-0.2, 0) is 12.8 Å². The molecule has 0 aliphatic carbocycles. The van der Waals surface area contributed by atoms with Crippen LogP contribution in [-0.4, -0.2) is 30.5 Å². The van der Waals surface area contributed by atoms with Gasteiger partial charge in [0.15, 0.2) is 5.82 Å². The summed E-state index contributed by atoms with van der Waals surface area (Å²) in [5.41, 5.74) is 4.98. The second kappa shape index (κ2) is 10.4. The van der Waals surface area contributed by atoms with Crippen LogP contribution in [0, 0.1) is 0 Å². The molecule has 0 fully saturated rings. The van der Waals surface area contributed by atoms with Gasteiger partial charge in [-0.1, -0.05) is 44.5 Å². The smallest absolute Gasteiger partial charge is 0.255 e. The molecule has 8 nitrogen and oxygen atoms in total. The quantitative estimate of drug-likeness (QED) is 0.298. The molecule has 2 N–H and O–H groups in total. The summed E-state index contributed by atoms with van der Waals surface area (Å²) in [6.07, 6.45) is 6.07. The van der Waals surface area contributed by atoms with Gasteiger partial charge in [0.2, 0.25) is 0 Å². The fraction of sp³-hybridized carbons (Fsp3) is 0.179. The monoisotopic (exact) mass is 477 g/mol. The molecule has 8 heteroatoms. The van der Waals surface area contributed by atoms with Crippen LogP contribution in [0.5, 0.6) is 0 Å². The molecule has 0 radical (unpaired) electrons. The van der Waals surface area contributed by atoms with Gasteiger partial charge in [0.1, 0.15) is 5.82 Å². The first-order chi connectivity index (χ1) is 17.6. The fourth-order valence-electron chi connectivity index (χ4n) is 4.04. The average molecular weight is 478 g/mol. The molecule has 0 aliphatic rings. The highest BCUT2D eigenvalue weighted by molar-refractivity contribution is 6.05. The van der Waals surface area contributed by atoms with Gasteiger partial charge in [-0.25, -0.2) is 4.98 Å². The number of hydrogen-bond donors (Lipinski definition) is 2. The van der Waals surface area contributed by atoms with Crippen molar-refractivity contribution < 1.29 is 4.79 Å². The first-order valence-electron chi connectivity index (χ1n) is 12.1. The number of benzene rings is 2. The number of hydrogen-bond acceptors (Lipinski definition) is 6. The zero-order valence-corrected chi connectivity index (χ0v) is 20.3. The number of nitrogens with zero attached hydrogens (tertiary/aromatic N) is 5. The zero-order valence-electron chi connectivity index (χ0n) is 20.3. The van der Waals surface area contributed by atoms with E-state index >= 15 is 0 Å². The van der Waals surface area contributed by atoms with Crippen molar-refractivity contribution in [2.75, 3.05) is 10.6 Å². The van der Waals surface area contributed by atoms with Crippen LogP contribution in [0.3, 0.4) is 0 Å². The van der Waals surface area contributed by atoms with E-state index in [0.717, 1.165) is 53.3 Å². The van der Waals surface area contributed by atoms with Crippen molar-refractivity contribution in [1.82, 2.24) is 24.6 Å². The van der Waals surface area contributed by atoms with Crippen molar-refractivity contribution >= 4 is 28.9 Å². The Kier molecular flexibility index (Phi) is 6.66. The number of para-hydroxylation sites is 1. The maximum atomic E-state index is 13.0. The SMILES string of the molecule is CCCc1cc(Nc2cccc(C(=O)Nc3ccccc3CC)c2)n2nc(-c3cccnc3)nc2n1. The molecule has 0 atom stereocenters. The normalized spacial score (nSPS) is 10.9. The van der Waals surface area contributed by atoms with Gasteiger partial charge in [-0.15, -0.1) is 5.10 Å². The molecular formula is C28H27N7O. The highest BCUT2D eigenvalue weighted by atomic mass is 16.1. The Hall–Kier alpha value is -4.59. The Balaban J connectivity index is 1.46. The number of carbonyl (C=O) groups is 1. The van der Waals surface area contributed by atoms with Crippen LogP contribution >= 0.6 is 0 Å². The topological polar surface area (TPSA) is 97.1 Å². The number of amides is 1. The summed E-state index contributed by atoms with van der Waals surface area (Å²) >= 11 is 0.